The first-order chi connectivity index (χ1) is 12.1. The van der Waals surface area contributed by atoms with E-state index in [1.807, 2.05) is 24.3 Å². The van der Waals surface area contributed by atoms with Gasteiger partial charge in [-0.2, -0.15) is 0 Å². The van der Waals surface area contributed by atoms with Crippen LogP contribution in [0.5, 0.6) is 0 Å². The van der Waals surface area contributed by atoms with E-state index in [-0.39, 0.29) is 0 Å². The minimum absolute atomic E-state index is 0.569. The molecule has 0 unspecified atom stereocenters. The molecule has 0 saturated heterocycles. The number of aryl methyl sites for hydroxylation is 2. The second-order valence-corrected chi connectivity index (χ2v) is 7.31. The minimum Gasteiger partial charge on any atom is -0.467 e. The largest absolute Gasteiger partial charge is 0.467 e. The molecule has 0 atom stereocenters. The molecule has 0 fully saturated rings. The van der Waals surface area contributed by atoms with Crippen molar-refractivity contribution < 1.29 is 4.42 Å². The van der Waals surface area contributed by atoms with Gasteiger partial charge >= 0.3 is 0 Å². The molecule has 0 aliphatic carbocycles. The van der Waals surface area contributed by atoms with Crippen molar-refractivity contribution >= 4 is 34.8 Å². The molecule has 25 heavy (non-hydrogen) atoms. The molecular formula is C20H20N2OS2. The molecule has 128 valence electrons. The van der Waals surface area contributed by atoms with Crippen LogP contribution in [0.25, 0.3) is 0 Å². The summed E-state index contributed by atoms with van der Waals surface area (Å²) in [5.41, 5.74) is 3.55. The van der Waals surface area contributed by atoms with Crippen molar-refractivity contribution in [1.29, 1.82) is 0 Å². The number of thiocarbonyl (C=S) groups is 1. The van der Waals surface area contributed by atoms with Gasteiger partial charge in [0.1, 0.15) is 5.76 Å². The molecular weight excluding hydrogens is 348 g/mol. The highest BCUT2D eigenvalue weighted by Crippen LogP contribution is 2.31. The van der Waals surface area contributed by atoms with Gasteiger partial charge in [0.05, 0.1) is 12.8 Å². The molecule has 2 aromatic carbocycles. The van der Waals surface area contributed by atoms with Crippen LogP contribution in [0.3, 0.4) is 0 Å². The summed E-state index contributed by atoms with van der Waals surface area (Å²) in [6.45, 7) is 4.83. The molecule has 0 amide bonds. The topological polar surface area (TPSA) is 37.2 Å². The summed E-state index contributed by atoms with van der Waals surface area (Å²) < 4.78 is 5.27. The number of furan rings is 1. The molecule has 0 bridgehead atoms. The fourth-order valence-corrected chi connectivity index (χ4v) is 3.48. The molecule has 5 heteroatoms. The van der Waals surface area contributed by atoms with E-state index < -0.39 is 0 Å². The zero-order chi connectivity index (χ0) is 17.6. The number of anilines is 1. The maximum absolute atomic E-state index is 5.31. The van der Waals surface area contributed by atoms with Gasteiger partial charge in [0.25, 0.3) is 0 Å². The Morgan fingerprint density at radius 1 is 1.08 bits per heavy atom. The lowest BCUT2D eigenvalue weighted by atomic mass is 10.2. The summed E-state index contributed by atoms with van der Waals surface area (Å²) in [5.74, 6) is 0.851. The van der Waals surface area contributed by atoms with Crippen LogP contribution in [0.15, 0.2) is 75.1 Å². The van der Waals surface area contributed by atoms with Crippen molar-refractivity contribution in [1.82, 2.24) is 5.32 Å². The molecule has 0 radical (unpaired) electrons. The molecule has 2 N–H and O–H groups in total. The summed E-state index contributed by atoms with van der Waals surface area (Å²) in [6, 6.07) is 18.6. The van der Waals surface area contributed by atoms with E-state index in [2.05, 4.69) is 54.8 Å². The molecule has 0 aliphatic heterocycles. The lowest BCUT2D eigenvalue weighted by Gasteiger charge is -2.11. The van der Waals surface area contributed by atoms with Crippen molar-refractivity contribution in [3.8, 4) is 0 Å². The monoisotopic (exact) mass is 368 g/mol. The summed E-state index contributed by atoms with van der Waals surface area (Å²) in [6.07, 6.45) is 1.65. The zero-order valence-electron chi connectivity index (χ0n) is 14.2. The summed E-state index contributed by atoms with van der Waals surface area (Å²) in [5, 5.41) is 6.88. The van der Waals surface area contributed by atoms with Crippen molar-refractivity contribution in [3.63, 3.8) is 0 Å². The number of hydrogen-bond acceptors (Lipinski definition) is 3. The maximum atomic E-state index is 5.31. The third kappa shape index (κ3) is 5.11. The normalized spacial score (nSPS) is 10.5. The smallest absolute Gasteiger partial charge is 0.171 e. The first kappa shape index (κ1) is 17.6. The highest BCUT2D eigenvalue weighted by atomic mass is 32.2. The number of benzene rings is 2. The summed E-state index contributed by atoms with van der Waals surface area (Å²) in [4.78, 5) is 2.48. The predicted octanol–water partition coefficient (Wildman–Crippen LogP) is 5.53. The molecule has 0 spiro atoms. The van der Waals surface area contributed by atoms with E-state index >= 15 is 0 Å². The van der Waals surface area contributed by atoms with Crippen LogP contribution < -0.4 is 10.6 Å². The lowest BCUT2D eigenvalue weighted by molar-refractivity contribution is 0.503. The second-order valence-electron chi connectivity index (χ2n) is 5.78. The van der Waals surface area contributed by atoms with Crippen molar-refractivity contribution in [2.24, 2.45) is 0 Å². The van der Waals surface area contributed by atoms with Gasteiger partial charge in [0.15, 0.2) is 5.11 Å². The number of nitrogens with one attached hydrogen (secondary N) is 2. The van der Waals surface area contributed by atoms with E-state index in [4.69, 9.17) is 16.6 Å². The van der Waals surface area contributed by atoms with Crippen LogP contribution in [0.2, 0.25) is 0 Å². The highest BCUT2D eigenvalue weighted by molar-refractivity contribution is 7.99. The first-order valence-corrected chi connectivity index (χ1v) is 9.25. The van der Waals surface area contributed by atoms with Gasteiger partial charge in [-0.3, -0.25) is 0 Å². The Balaban J connectivity index is 1.55. The Morgan fingerprint density at radius 3 is 2.56 bits per heavy atom. The molecule has 3 aromatic rings. The van der Waals surface area contributed by atoms with E-state index in [9.17, 15) is 0 Å². The van der Waals surface area contributed by atoms with E-state index in [1.54, 1.807) is 18.0 Å². The number of hydrogen-bond donors (Lipinski definition) is 2. The summed E-state index contributed by atoms with van der Waals surface area (Å²) in [7, 11) is 0. The Morgan fingerprint density at radius 2 is 1.88 bits per heavy atom. The zero-order valence-corrected chi connectivity index (χ0v) is 15.8. The third-order valence-electron chi connectivity index (χ3n) is 3.67. The van der Waals surface area contributed by atoms with Crippen LogP contribution in [0.1, 0.15) is 16.9 Å². The molecule has 1 heterocycles. The predicted molar refractivity (Wildman–Crippen MR) is 108 cm³/mol. The van der Waals surface area contributed by atoms with Crippen molar-refractivity contribution in [2.45, 2.75) is 30.2 Å². The second kappa shape index (κ2) is 8.23. The lowest BCUT2D eigenvalue weighted by Crippen LogP contribution is -2.27. The van der Waals surface area contributed by atoms with Crippen LogP contribution in [0, 0.1) is 13.8 Å². The fraction of sp³-hybridized carbons (Fsp3) is 0.150. The Labute approximate surface area is 157 Å². The van der Waals surface area contributed by atoms with Gasteiger partial charge in [-0.1, -0.05) is 29.5 Å². The van der Waals surface area contributed by atoms with Crippen LogP contribution in [-0.2, 0) is 6.54 Å². The third-order valence-corrected chi connectivity index (χ3v) is 5.11. The van der Waals surface area contributed by atoms with Gasteiger partial charge in [-0.15, -0.1) is 0 Å². The van der Waals surface area contributed by atoms with Gasteiger partial charge in [0.2, 0.25) is 0 Å². The highest BCUT2D eigenvalue weighted by Gasteiger charge is 2.03. The molecule has 0 saturated carbocycles. The van der Waals surface area contributed by atoms with Crippen LogP contribution in [0.4, 0.5) is 5.69 Å². The minimum atomic E-state index is 0.569. The van der Waals surface area contributed by atoms with E-state index in [0.717, 1.165) is 11.4 Å². The standard InChI is InChI=1S/C20H20N2OS2/c1-14-5-10-19(15(2)12-14)25-18-8-6-16(7-9-18)22-20(24)21-13-17-4-3-11-23-17/h3-12H,13H2,1-2H3,(H2,21,22,24). The Hall–Kier alpha value is -2.24. The van der Waals surface area contributed by atoms with Crippen molar-refractivity contribution in [2.75, 3.05) is 5.32 Å². The van der Waals surface area contributed by atoms with Crippen molar-refractivity contribution in [3.05, 3.63) is 77.7 Å². The van der Waals surface area contributed by atoms with Crippen LogP contribution in [-0.4, -0.2) is 5.11 Å². The quantitative estimate of drug-likeness (QED) is 0.579. The Kier molecular flexibility index (Phi) is 5.79. The average molecular weight is 369 g/mol. The van der Waals surface area contributed by atoms with Gasteiger partial charge in [-0.05, 0) is 74.1 Å². The van der Waals surface area contributed by atoms with E-state index in [0.29, 0.717) is 11.7 Å². The SMILES string of the molecule is Cc1ccc(Sc2ccc(NC(=S)NCc3ccco3)cc2)c(C)c1. The maximum Gasteiger partial charge on any atom is 0.171 e. The van der Waals surface area contributed by atoms with E-state index in [1.165, 1.54) is 20.9 Å². The number of rotatable bonds is 5. The Bertz CT molecular complexity index is 843. The van der Waals surface area contributed by atoms with Gasteiger partial charge < -0.3 is 15.1 Å². The molecule has 3 rings (SSSR count). The van der Waals surface area contributed by atoms with Gasteiger partial charge in [0, 0.05) is 15.5 Å². The fourth-order valence-electron chi connectivity index (χ4n) is 2.40. The van der Waals surface area contributed by atoms with Crippen LogP contribution >= 0.6 is 24.0 Å². The average Bonchev–Trinajstić information content (AvgIpc) is 3.11. The molecule has 1 aromatic heterocycles. The summed E-state index contributed by atoms with van der Waals surface area (Å²) >= 11 is 7.08. The van der Waals surface area contributed by atoms with Gasteiger partial charge in [-0.25, -0.2) is 0 Å². The first-order valence-electron chi connectivity index (χ1n) is 8.02. The molecule has 3 nitrogen and oxygen atoms in total. The molecule has 0 aliphatic rings.